The Morgan fingerprint density at radius 2 is 1.72 bits per heavy atom. The Morgan fingerprint density at radius 1 is 0.969 bits per heavy atom. The van der Waals surface area contributed by atoms with Crippen molar-refractivity contribution in [2.75, 3.05) is 19.0 Å². The fourth-order valence-electron chi connectivity index (χ4n) is 3.10. The van der Waals surface area contributed by atoms with Gasteiger partial charge in [-0.1, -0.05) is 50.2 Å². The normalized spacial score (nSPS) is 10.7. The molecule has 0 saturated heterocycles. The summed E-state index contributed by atoms with van der Waals surface area (Å²) in [5.74, 6) is 0.735. The van der Waals surface area contributed by atoms with Crippen molar-refractivity contribution in [1.29, 1.82) is 0 Å². The number of carbonyl (C=O) groups excluding carboxylic acids is 2. The Labute approximate surface area is 197 Å². The number of hydrogen-bond acceptors (Lipinski definition) is 3. The molecule has 0 heterocycles. The van der Waals surface area contributed by atoms with E-state index in [0.717, 1.165) is 10.0 Å². The molecule has 0 aliphatic heterocycles. The van der Waals surface area contributed by atoms with Gasteiger partial charge in [-0.05, 0) is 63.8 Å². The first-order valence-electron chi connectivity index (χ1n) is 10.5. The third-order valence-electron chi connectivity index (χ3n) is 4.74. The Hall–Kier alpha value is -3.12. The summed E-state index contributed by atoms with van der Waals surface area (Å²) in [5, 5.41) is 2.87. The van der Waals surface area contributed by atoms with E-state index in [-0.39, 0.29) is 11.8 Å². The summed E-state index contributed by atoms with van der Waals surface area (Å²) in [6.07, 6.45) is 0. The van der Waals surface area contributed by atoms with Gasteiger partial charge in [0.25, 0.3) is 11.8 Å². The van der Waals surface area contributed by atoms with Gasteiger partial charge in [-0.2, -0.15) is 0 Å². The molecule has 1 N–H and O–H groups in total. The van der Waals surface area contributed by atoms with E-state index in [9.17, 15) is 9.59 Å². The summed E-state index contributed by atoms with van der Waals surface area (Å²) < 4.78 is 6.46. The summed E-state index contributed by atoms with van der Waals surface area (Å²) in [6, 6.07) is 22.0. The van der Waals surface area contributed by atoms with Gasteiger partial charge >= 0.3 is 0 Å². The summed E-state index contributed by atoms with van der Waals surface area (Å²) >= 11 is 3.47. The van der Waals surface area contributed by atoms with E-state index in [1.54, 1.807) is 54.4 Å². The molecule has 0 spiro atoms. The minimum Gasteiger partial charge on any atom is -0.492 e. The van der Waals surface area contributed by atoms with Crippen molar-refractivity contribution in [1.82, 2.24) is 4.90 Å². The third-order valence-corrected chi connectivity index (χ3v) is 5.36. The molecule has 3 rings (SSSR count). The molecule has 166 valence electrons. The highest BCUT2D eigenvalue weighted by atomic mass is 79.9. The van der Waals surface area contributed by atoms with Gasteiger partial charge in [0.05, 0.1) is 11.1 Å². The van der Waals surface area contributed by atoms with Crippen LogP contribution in [-0.4, -0.2) is 30.4 Å². The highest BCUT2D eigenvalue weighted by Gasteiger charge is 2.14. The number of ether oxygens (including phenoxy) is 1. The molecule has 3 aromatic carbocycles. The molecule has 0 aromatic heterocycles. The van der Waals surface area contributed by atoms with Crippen molar-refractivity contribution >= 4 is 33.4 Å². The average molecular weight is 495 g/mol. The van der Waals surface area contributed by atoms with Crippen LogP contribution >= 0.6 is 15.9 Å². The number of nitrogens with one attached hydrogen (secondary N) is 1. The fraction of sp³-hybridized carbons (Fsp3) is 0.231. The first kappa shape index (κ1) is 23.5. The molecule has 2 amide bonds. The lowest BCUT2D eigenvalue weighted by molar-refractivity contribution is 0.0784. The lowest BCUT2D eigenvalue weighted by atomic mass is 10.1. The van der Waals surface area contributed by atoms with Crippen LogP contribution in [0.1, 0.15) is 40.1 Å². The smallest absolute Gasteiger partial charge is 0.255 e. The van der Waals surface area contributed by atoms with E-state index in [2.05, 4.69) is 35.1 Å². The van der Waals surface area contributed by atoms with Gasteiger partial charge in [0.2, 0.25) is 0 Å². The predicted molar refractivity (Wildman–Crippen MR) is 131 cm³/mol. The lowest BCUT2D eigenvalue weighted by Gasteiger charge is -2.18. The minimum atomic E-state index is -0.261. The van der Waals surface area contributed by atoms with E-state index in [4.69, 9.17) is 4.74 Å². The molecule has 0 atom stereocenters. The SMILES string of the molecule is CC(C)COc1ccc(C(=O)Nc2cccc(C(=O)N(C)Cc3ccccc3)c2)cc1Br. The van der Waals surface area contributed by atoms with Crippen molar-refractivity contribution in [3.05, 3.63) is 94.0 Å². The van der Waals surface area contributed by atoms with Gasteiger partial charge in [-0.15, -0.1) is 0 Å². The zero-order valence-electron chi connectivity index (χ0n) is 18.5. The molecule has 6 heteroatoms. The van der Waals surface area contributed by atoms with Crippen molar-refractivity contribution in [2.24, 2.45) is 5.92 Å². The number of halogens is 1. The number of anilines is 1. The number of nitrogens with zero attached hydrogens (tertiary/aromatic N) is 1. The van der Waals surface area contributed by atoms with Crippen LogP contribution in [0, 0.1) is 5.92 Å². The molecule has 0 fully saturated rings. The van der Waals surface area contributed by atoms with Crippen LogP contribution in [0.4, 0.5) is 5.69 Å². The number of amides is 2. The molecule has 0 radical (unpaired) electrons. The van der Waals surface area contributed by atoms with E-state index in [0.29, 0.717) is 41.6 Å². The van der Waals surface area contributed by atoms with Gasteiger partial charge in [0.1, 0.15) is 5.75 Å². The summed E-state index contributed by atoms with van der Waals surface area (Å²) in [6.45, 7) is 5.27. The van der Waals surface area contributed by atoms with Crippen LogP contribution in [0.3, 0.4) is 0 Å². The molecule has 0 unspecified atom stereocenters. The van der Waals surface area contributed by atoms with Crippen LogP contribution in [0.5, 0.6) is 5.75 Å². The molecule has 32 heavy (non-hydrogen) atoms. The molecular formula is C26H27BrN2O3. The third kappa shape index (κ3) is 6.44. The lowest BCUT2D eigenvalue weighted by Crippen LogP contribution is -2.26. The van der Waals surface area contributed by atoms with Gasteiger partial charge in [0.15, 0.2) is 0 Å². The zero-order valence-corrected chi connectivity index (χ0v) is 20.1. The van der Waals surface area contributed by atoms with Crippen LogP contribution in [0.25, 0.3) is 0 Å². The first-order chi connectivity index (χ1) is 15.3. The van der Waals surface area contributed by atoms with Gasteiger partial charge < -0.3 is 15.0 Å². The van der Waals surface area contributed by atoms with Crippen LogP contribution in [0.15, 0.2) is 77.3 Å². The average Bonchev–Trinajstić information content (AvgIpc) is 2.78. The predicted octanol–water partition coefficient (Wildman–Crippen LogP) is 6.01. The topological polar surface area (TPSA) is 58.6 Å². The number of carbonyl (C=O) groups is 2. The second-order valence-electron chi connectivity index (χ2n) is 8.03. The number of rotatable bonds is 8. The number of hydrogen-bond donors (Lipinski definition) is 1. The van der Waals surface area contributed by atoms with E-state index >= 15 is 0 Å². The first-order valence-corrected chi connectivity index (χ1v) is 11.3. The van der Waals surface area contributed by atoms with Crippen LogP contribution in [-0.2, 0) is 6.54 Å². The highest BCUT2D eigenvalue weighted by Crippen LogP contribution is 2.27. The van der Waals surface area contributed by atoms with Crippen molar-refractivity contribution in [3.8, 4) is 5.75 Å². The minimum absolute atomic E-state index is 0.112. The van der Waals surface area contributed by atoms with Gasteiger partial charge in [-0.3, -0.25) is 9.59 Å². The molecule has 0 aliphatic rings. The summed E-state index contributed by atoms with van der Waals surface area (Å²) in [7, 11) is 1.76. The van der Waals surface area contributed by atoms with E-state index < -0.39 is 0 Å². The second kappa shape index (κ2) is 11.0. The van der Waals surface area contributed by atoms with Crippen LogP contribution in [0.2, 0.25) is 0 Å². The largest absolute Gasteiger partial charge is 0.492 e. The zero-order chi connectivity index (χ0) is 23.1. The van der Waals surface area contributed by atoms with Crippen molar-refractivity contribution < 1.29 is 14.3 Å². The Bertz CT molecular complexity index is 1080. The maximum Gasteiger partial charge on any atom is 0.255 e. The highest BCUT2D eigenvalue weighted by molar-refractivity contribution is 9.10. The monoisotopic (exact) mass is 494 g/mol. The Morgan fingerprint density at radius 3 is 2.41 bits per heavy atom. The standard InChI is InChI=1S/C26H27BrN2O3/c1-18(2)17-32-24-13-12-20(15-23(24)27)25(30)28-22-11-7-10-21(14-22)26(31)29(3)16-19-8-5-4-6-9-19/h4-15,18H,16-17H2,1-3H3,(H,28,30). The second-order valence-corrected chi connectivity index (χ2v) is 8.89. The van der Waals surface area contributed by atoms with Gasteiger partial charge in [-0.25, -0.2) is 0 Å². The fourth-order valence-corrected chi connectivity index (χ4v) is 3.59. The molecule has 5 nitrogen and oxygen atoms in total. The van der Waals surface area contributed by atoms with Crippen LogP contribution < -0.4 is 10.1 Å². The Balaban J connectivity index is 1.67. The molecule has 0 aliphatic carbocycles. The maximum absolute atomic E-state index is 12.8. The maximum atomic E-state index is 12.8. The molecule has 0 saturated carbocycles. The van der Waals surface area contributed by atoms with Gasteiger partial charge in [0, 0.05) is 30.4 Å². The summed E-state index contributed by atoms with van der Waals surface area (Å²) in [5.41, 5.74) is 2.62. The number of benzene rings is 3. The molecule has 3 aromatic rings. The Kier molecular flexibility index (Phi) is 8.06. The molecule has 0 bridgehead atoms. The van der Waals surface area contributed by atoms with E-state index in [1.807, 2.05) is 30.3 Å². The van der Waals surface area contributed by atoms with Crippen molar-refractivity contribution in [3.63, 3.8) is 0 Å². The summed E-state index contributed by atoms with van der Waals surface area (Å²) in [4.78, 5) is 27.2. The van der Waals surface area contributed by atoms with Crippen molar-refractivity contribution in [2.45, 2.75) is 20.4 Å². The quantitative estimate of drug-likeness (QED) is 0.417. The van der Waals surface area contributed by atoms with E-state index in [1.165, 1.54) is 0 Å². The molecular weight excluding hydrogens is 468 g/mol.